The van der Waals surface area contributed by atoms with Crippen LogP contribution in [0.5, 0.6) is 11.5 Å². The summed E-state index contributed by atoms with van der Waals surface area (Å²) < 4.78 is 10.9. The SMILES string of the molecule is CCCCOCCCOc1ccc(O)cc1. The van der Waals surface area contributed by atoms with Crippen LogP contribution in [0.3, 0.4) is 0 Å². The molecule has 0 aliphatic carbocycles. The van der Waals surface area contributed by atoms with Crippen molar-refractivity contribution in [2.75, 3.05) is 19.8 Å². The summed E-state index contributed by atoms with van der Waals surface area (Å²) in [5, 5.41) is 9.07. The van der Waals surface area contributed by atoms with E-state index in [9.17, 15) is 0 Å². The van der Waals surface area contributed by atoms with Crippen molar-refractivity contribution in [1.82, 2.24) is 0 Å². The van der Waals surface area contributed by atoms with Crippen molar-refractivity contribution < 1.29 is 14.6 Å². The molecule has 1 aromatic carbocycles. The van der Waals surface area contributed by atoms with Gasteiger partial charge in [-0.1, -0.05) is 13.3 Å². The lowest BCUT2D eigenvalue weighted by Crippen LogP contribution is -2.03. The van der Waals surface area contributed by atoms with Crippen molar-refractivity contribution in [2.45, 2.75) is 26.2 Å². The molecule has 0 saturated carbocycles. The number of benzene rings is 1. The molecule has 0 atom stereocenters. The van der Waals surface area contributed by atoms with Gasteiger partial charge in [0.15, 0.2) is 0 Å². The quantitative estimate of drug-likeness (QED) is 0.690. The van der Waals surface area contributed by atoms with Crippen molar-refractivity contribution in [3.05, 3.63) is 24.3 Å². The van der Waals surface area contributed by atoms with Gasteiger partial charge in [0.1, 0.15) is 11.5 Å². The molecule has 0 bridgehead atoms. The summed E-state index contributed by atoms with van der Waals surface area (Å²) in [6, 6.07) is 6.75. The molecule has 0 radical (unpaired) electrons. The van der Waals surface area contributed by atoms with E-state index in [1.807, 2.05) is 0 Å². The Kier molecular flexibility index (Phi) is 6.42. The second kappa shape index (κ2) is 7.99. The lowest BCUT2D eigenvalue weighted by atomic mass is 10.3. The Morgan fingerprint density at radius 1 is 1.00 bits per heavy atom. The van der Waals surface area contributed by atoms with Gasteiger partial charge >= 0.3 is 0 Å². The molecule has 0 saturated heterocycles. The maximum atomic E-state index is 9.07. The van der Waals surface area contributed by atoms with Crippen LogP contribution in [0.25, 0.3) is 0 Å². The number of hydrogen-bond donors (Lipinski definition) is 1. The largest absolute Gasteiger partial charge is 0.508 e. The van der Waals surface area contributed by atoms with E-state index in [-0.39, 0.29) is 5.75 Å². The summed E-state index contributed by atoms with van der Waals surface area (Å²) in [6.07, 6.45) is 3.19. The Bertz CT molecular complexity index is 269. The monoisotopic (exact) mass is 224 g/mol. The third kappa shape index (κ3) is 5.61. The molecule has 0 aliphatic rings. The summed E-state index contributed by atoms with van der Waals surface area (Å²) in [5.41, 5.74) is 0. The highest BCUT2D eigenvalue weighted by atomic mass is 16.5. The van der Waals surface area contributed by atoms with E-state index in [2.05, 4.69) is 6.92 Å². The minimum absolute atomic E-state index is 0.259. The molecule has 3 heteroatoms. The zero-order valence-corrected chi connectivity index (χ0v) is 9.82. The highest BCUT2D eigenvalue weighted by Crippen LogP contribution is 2.15. The van der Waals surface area contributed by atoms with Gasteiger partial charge in [0.2, 0.25) is 0 Å². The van der Waals surface area contributed by atoms with Gasteiger partial charge in [-0.15, -0.1) is 0 Å². The molecule has 0 unspecified atom stereocenters. The van der Waals surface area contributed by atoms with E-state index >= 15 is 0 Å². The van der Waals surface area contributed by atoms with E-state index in [1.54, 1.807) is 24.3 Å². The number of unbranched alkanes of at least 4 members (excludes halogenated alkanes) is 1. The van der Waals surface area contributed by atoms with Crippen LogP contribution < -0.4 is 4.74 Å². The van der Waals surface area contributed by atoms with Crippen LogP contribution in [0.2, 0.25) is 0 Å². The summed E-state index contributed by atoms with van der Waals surface area (Å²) in [4.78, 5) is 0. The van der Waals surface area contributed by atoms with Gasteiger partial charge in [0.25, 0.3) is 0 Å². The Morgan fingerprint density at radius 2 is 1.69 bits per heavy atom. The fourth-order valence-electron chi connectivity index (χ4n) is 1.24. The lowest BCUT2D eigenvalue weighted by Gasteiger charge is -2.06. The van der Waals surface area contributed by atoms with E-state index in [0.29, 0.717) is 6.61 Å². The maximum Gasteiger partial charge on any atom is 0.119 e. The first kappa shape index (κ1) is 12.8. The smallest absolute Gasteiger partial charge is 0.119 e. The minimum atomic E-state index is 0.259. The van der Waals surface area contributed by atoms with E-state index in [4.69, 9.17) is 14.6 Å². The lowest BCUT2D eigenvalue weighted by molar-refractivity contribution is 0.117. The Morgan fingerprint density at radius 3 is 2.38 bits per heavy atom. The van der Waals surface area contributed by atoms with Crippen LogP contribution in [0, 0.1) is 0 Å². The molecule has 0 spiro atoms. The Balaban J connectivity index is 2.01. The molecule has 1 rings (SSSR count). The van der Waals surface area contributed by atoms with Crippen LogP contribution in [0.1, 0.15) is 26.2 Å². The molecule has 0 aromatic heterocycles. The van der Waals surface area contributed by atoms with Crippen LogP contribution in [-0.4, -0.2) is 24.9 Å². The van der Waals surface area contributed by atoms with Gasteiger partial charge in [0.05, 0.1) is 6.61 Å². The van der Waals surface area contributed by atoms with Crippen molar-refractivity contribution in [1.29, 1.82) is 0 Å². The average Bonchev–Trinajstić information content (AvgIpc) is 2.30. The number of aromatic hydroxyl groups is 1. The number of rotatable bonds is 8. The van der Waals surface area contributed by atoms with Gasteiger partial charge in [-0.25, -0.2) is 0 Å². The van der Waals surface area contributed by atoms with Gasteiger partial charge in [-0.3, -0.25) is 0 Å². The van der Waals surface area contributed by atoms with Gasteiger partial charge < -0.3 is 14.6 Å². The number of hydrogen-bond acceptors (Lipinski definition) is 3. The highest BCUT2D eigenvalue weighted by molar-refractivity contribution is 5.29. The second-order valence-corrected chi connectivity index (χ2v) is 3.66. The van der Waals surface area contributed by atoms with Crippen LogP contribution >= 0.6 is 0 Å². The summed E-state index contributed by atoms with van der Waals surface area (Å²) in [6.45, 7) is 4.39. The standard InChI is InChI=1S/C13H20O3/c1-2-3-9-15-10-4-11-16-13-7-5-12(14)6-8-13/h5-8,14H,2-4,9-11H2,1H3. The summed E-state index contributed by atoms with van der Waals surface area (Å²) >= 11 is 0. The molecule has 1 N–H and O–H groups in total. The molecular weight excluding hydrogens is 204 g/mol. The van der Waals surface area contributed by atoms with Crippen LogP contribution in [-0.2, 0) is 4.74 Å². The first-order valence-corrected chi connectivity index (χ1v) is 5.82. The number of phenols is 1. The topological polar surface area (TPSA) is 38.7 Å². The zero-order valence-electron chi connectivity index (χ0n) is 9.82. The molecule has 90 valence electrons. The fraction of sp³-hybridized carbons (Fsp3) is 0.538. The normalized spacial score (nSPS) is 10.3. The predicted octanol–water partition coefficient (Wildman–Crippen LogP) is 2.98. The molecule has 16 heavy (non-hydrogen) atoms. The maximum absolute atomic E-state index is 9.07. The zero-order chi connectivity index (χ0) is 11.6. The van der Waals surface area contributed by atoms with Crippen LogP contribution in [0.4, 0.5) is 0 Å². The molecule has 0 amide bonds. The van der Waals surface area contributed by atoms with Gasteiger partial charge in [-0.2, -0.15) is 0 Å². The van der Waals surface area contributed by atoms with Crippen molar-refractivity contribution in [3.63, 3.8) is 0 Å². The Labute approximate surface area is 97.0 Å². The fourth-order valence-corrected chi connectivity index (χ4v) is 1.24. The number of ether oxygens (including phenoxy) is 2. The minimum Gasteiger partial charge on any atom is -0.508 e. The molecule has 0 aliphatic heterocycles. The predicted molar refractivity (Wildman–Crippen MR) is 63.9 cm³/mol. The summed E-state index contributed by atoms with van der Waals surface area (Å²) in [7, 11) is 0. The second-order valence-electron chi connectivity index (χ2n) is 3.66. The average molecular weight is 224 g/mol. The molecular formula is C13H20O3. The molecule has 0 heterocycles. The van der Waals surface area contributed by atoms with E-state index < -0.39 is 0 Å². The van der Waals surface area contributed by atoms with E-state index in [0.717, 1.165) is 31.8 Å². The highest BCUT2D eigenvalue weighted by Gasteiger charge is 1.94. The molecule has 0 fully saturated rings. The van der Waals surface area contributed by atoms with Crippen LogP contribution in [0.15, 0.2) is 24.3 Å². The van der Waals surface area contributed by atoms with Gasteiger partial charge in [-0.05, 0) is 30.7 Å². The molecule has 3 nitrogen and oxygen atoms in total. The summed E-state index contributed by atoms with van der Waals surface area (Å²) in [5.74, 6) is 1.04. The third-order valence-electron chi connectivity index (χ3n) is 2.18. The van der Waals surface area contributed by atoms with Gasteiger partial charge in [0, 0.05) is 19.6 Å². The van der Waals surface area contributed by atoms with E-state index in [1.165, 1.54) is 6.42 Å². The van der Waals surface area contributed by atoms with Crippen molar-refractivity contribution >= 4 is 0 Å². The number of phenolic OH excluding ortho intramolecular Hbond substituents is 1. The Hall–Kier alpha value is -1.22. The van der Waals surface area contributed by atoms with Crippen molar-refractivity contribution in [2.24, 2.45) is 0 Å². The first-order chi connectivity index (χ1) is 7.83. The van der Waals surface area contributed by atoms with Crippen molar-refractivity contribution in [3.8, 4) is 11.5 Å². The molecule has 1 aromatic rings. The first-order valence-electron chi connectivity index (χ1n) is 5.82. The third-order valence-corrected chi connectivity index (χ3v) is 2.18.